The number of nitrogens with zero attached hydrogens (tertiary/aromatic N) is 3. The zero-order chi connectivity index (χ0) is 12.3. The van der Waals surface area contributed by atoms with Crippen LogP contribution >= 0.6 is 11.3 Å². The van der Waals surface area contributed by atoms with E-state index in [1.54, 1.807) is 17.5 Å². The molecule has 2 rings (SSSR count). The highest BCUT2D eigenvalue weighted by atomic mass is 32.1. The Labute approximate surface area is 105 Å². The minimum absolute atomic E-state index is 0.0889. The Balaban J connectivity index is 2.31. The predicted octanol–water partition coefficient (Wildman–Crippen LogP) is 1.61. The van der Waals surface area contributed by atoms with Crippen LogP contribution in [0.15, 0.2) is 17.6 Å². The van der Waals surface area contributed by atoms with E-state index in [0.717, 1.165) is 29.4 Å². The van der Waals surface area contributed by atoms with E-state index in [4.69, 9.17) is 5.84 Å². The molecule has 0 fully saturated rings. The molecule has 2 heterocycles. The van der Waals surface area contributed by atoms with Crippen molar-refractivity contribution in [2.75, 3.05) is 0 Å². The maximum absolute atomic E-state index is 5.64. The zero-order valence-corrected chi connectivity index (χ0v) is 10.9. The van der Waals surface area contributed by atoms with E-state index >= 15 is 0 Å². The smallest absolute Gasteiger partial charge is 0.106 e. The van der Waals surface area contributed by atoms with Crippen LogP contribution in [0.4, 0.5) is 0 Å². The van der Waals surface area contributed by atoms with Crippen molar-refractivity contribution in [2.45, 2.75) is 32.9 Å². The van der Waals surface area contributed by atoms with Gasteiger partial charge >= 0.3 is 0 Å². The Bertz CT molecular complexity index is 476. The van der Waals surface area contributed by atoms with Gasteiger partial charge in [0.05, 0.1) is 16.4 Å². The number of aromatic nitrogens is 3. The summed E-state index contributed by atoms with van der Waals surface area (Å²) in [4.78, 5) is 4.47. The summed E-state index contributed by atoms with van der Waals surface area (Å²) in [7, 11) is 0. The Morgan fingerprint density at radius 2 is 2.41 bits per heavy atom. The van der Waals surface area contributed by atoms with Crippen LogP contribution in [0.25, 0.3) is 0 Å². The van der Waals surface area contributed by atoms with Crippen molar-refractivity contribution < 1.29 is 0 Å². The van der Waals surface area contributed by atoms with E-state index in [-0.39, 0.29) is 6.04 Å². The summed E-state index contributed by atoms with van der Waals surface area (Å²) in [6, 6.07) is 1.89. The molecule has 6 heteroatoms. The molecular weight excluding hydrogens is 234 g/mol. The van der Waals surface area contributed by atoms with Gasteiger partial charge in [-0.15, -0.1) is 11.3 Å². The lowest BCUT2D eigenvalue weighted by atomic mass is 10.1. The summed E-state index contributed by atoms with van der Waals surface area (Å²) in [6.07, 6.45) is 2.84. The molecule has 0 aliphatic heterocycles. The highest BCUT2D eigenvalue weighted by Crippen LogP contribution is 2.22. The summed E-state index contributed by atoms with van der Waals surface area (Å²) >= 11 is 1.63. The van der Waals surface area contributed by atoms with Gasteiger partial charge in [-0.25, -0.2) is 10.4 Å². The zero-order valence-electron chi connectivity index (χ0n) is 10.1. The van der Waals surface area contributed by atoms with Gasteiger partial charge in [-0.05, 0) is 19.4 Å². The van der Waals surface area contributed by atoms with Crippen molar-refractivity contribution in [3.63, 3.8) is 0 Å². The average molecular weight is 251 g/mol. The van der Waals surface area contributed by atoms with Crippen LogP contribution in [-0.2, 0) is 6.54 Å². The fourth-order valence-electron chi connectivity index (χ4n) is 1.82. The highest BCUT2D eigenvalue weighted by molar-refractivity contribution is 7.09. The molecule has 0 saturated heterocycles. The summed E-state index contributed by atoms with van der Waals surface area (Å²) in [5.74, 6) is 5.64. The first-order chi connectivity index (χ1) is 8.26. The highest BCUT2D eigenvalue weighted by Gasteiger charge is 2.19. The van der Waals surface area contributed by atoms with Crippen molar-refractivity contribution >= 4 is 11.3 Å². The Morgan fingerprint density at radius 3 is 3.00 bits per heavy atom. The van der Waals surface area contributed by atoms with Crippen LogP contribution in [0.5, 0.6) is 0 Å². The van der Waals surface area contributed by atoms with E-state index in [2.05, 4.69) is 22.4 Å². The molecule has 1 atom stereocenters. The minimum atomic E-state index is -0.0889. The third-order valence-electron chi connectivity index (χ3n) is 2.58. The number of aryl methyl sites for hydroxylation is 2. The maximum Gasteiger partial charge on any atom is 0.106 e. The summed E-state index contributed by atoms with van der Waals surface area (Å²) in [5.41, 5.74) is 4.82. The summed E-state index contributed by atoms with van der Waals surface area (Å²) in [6.45, 7) is 5.01. The van der Waals surface area contributed by atoms with Crippen LogP contribution in [-0.4, -0.2) is 14.8 Å². The lowest BCUT2D eigenvalue weighted by molar-refractivity contribution is 0.516. The third-order valence-corrected chi connectivity index (χ3v) is 3.37. The van der Waals surface area contributed by atoms with Gasteiger partial charge in [0.1, 0.15) is 6.04 Å². The molecule has 0 aromatic carbocycles. The molecular formula is C11H17N5S. The molecule has 0 aliphatic rings. The monoisotopic (exact) mass is 251 g/mol. The van der Waals surface area contributed by atoms with Crippen LogP contribution < -0.4 is 11.3 Å². The molecule has 0 saturated carbocycles. The largest absolute Gasteiger partial charge is 0.270 e. The van der Waals surface area contributed by atoms with Crippen molar-refractivity contribution in [1.82, 2.24) is 20.2 Å². The molecule has 3 N–H and O–H groups in total. The molecule has 0 aliphatic carbocycles. The average Bonchev–Trinajstić information content (AvgIpc) is 2.91. The Kier molecular flexibility index (Phi) is 3.88. The van der Waals surface area contributed by atoms with Gasteiger partial charge in [-0.3, -0.25) is 10.5 Å². The van der Waals surface area contributed by atoms with Crippen molar-refractivity contribution in [1.29, 1.82) is 0 Å². The quantitative estimate of drug-likeness (QED) is 0.626. The molecule has 0 bridgehead atoms. The Morgan fingerprint density at radius 1 is 1.59 bits per heavy atom. The molecule has 17 heavy (non-hydrogen) atoms. The second-order valence-corrected chi connectivity index (χ2v) is 4.93. The van der Waals surface area contributed by atoms with Crippen molar-refractivity contribution in [3.8, 4) is 0 Å². The molecule has 5 nitrogen and oxygen atoms in total. The summed E-state index contributed by atoms with van der Waals surface area (Å²) < 4.78 is 1.97. The molecule has 92 valence electrons. The molecule has 1 unspecified atom stereocenters. The molecule has 0 radical (unpaired) electrons. The molecule has 2 aromatic heterocycles. The normalized spacial score (nSPS) is 12.9. The lowest BCUT2D eigenvalue weighted by Gasteiger charge is -2.15. The second-order valence-electron chi connectivity index (χ2n) is 3.87. The van der Waals surface area contributed by atoms with E-state index in [0.29, 0.717) is 0 Å². The number of hydrazine groups is 1. The van der Waals surface area contributed by atoms with Gasteiger partial charge in [0.15, 0.2) is 0 Å². The fourth-order valence-corrected chi connectivity index (χ4v) is 2.46. The van der Waals surface area contributed by atoms with Gasteiger partial charge in [0, 0.05) is 18.1 Å². The van der Waals surface area contributed by atoms with Crippen LogP contribution in [0.2, 0.25) is 0 Å². The number of thiazole rings is 1. The van der Waals surface area contributed by atoms with Crippen LogP contribution in [0, 0.1) is 6.92 Å². The third kappa shape index (κ3) is 2.54. The first-order valence-corrected chi connectivity index (χ1v) is 6.54. The first-order valence-electron chi connectivity index (χ1n) is 5.66. The number of rotatable bonds is 5. The predicted molar refractivity (Wildman–Crippen MR) is 68.5 cm³/mol. The molecule has 0 amide bonds. The SMILES string of the molecule is CCCn1nccc1C(NN)c1csc(C)n1. The van der Waals surface area contributed by atoms with Gasteiger partial charge in [-0.1, -0.05) is 6.92 Å². The van der Waals surface area contributed by atoms with E-state index < -0.39 is 0 Å². The van der Waals surface area contributed by atoms with Gasteiger partial charge in [0.25, 0.3) is 0 Å². The van der Waals surface area contributed by atoms with E-state index in [9.17, 15) is 0 Å². The topological polar surface area (TPSA) is 68.8 Å². The van der Waals surface area contributed by atoms with Gasteiger partial charge in [-0.2, -0.15) is 5.10 Å². The summed E-state index contributed by atoms with van der Waals surface area (Å²) in [5, 5.41) is 7.38. The second kappa shape index (κ2) is 5.39. The first kappa shape index (κ1) is 12.2. The lowest BCUT2D eigenvalue weighted by Crippen LogP contribution is -2.31. The van der Waals surface area contributed by atoms with Crippen LogP contribution in [0.1, 0.15) is 35.8 Å². The molecule has 0 spiro atoms. The van der Waals surface area contributed by atoms with Gasteiger partial charge < -0.3 is 0 Å². The Hall–Kier alpha value is -1.24. The van der Waals surface area contributed by atoms with E-state index in [1.807, 2.05) is 23.1 Å². The number of hydrogen-bond donors (Lipinski definition) is 2. The maximum atomic E-state index is 5.64. The minimum Gasteiger partial charge on any atom is -0.270 e. The van der Waals surface area contributed by atoms with E-state index in [1.165, 1.54) is 0 Å². The standard InChI is InChI=1S/C11H17N5S/c1-3-6-16-10(4-5-13-16)11(15-12)9-7-17-8(2)14-9/h4-5,7,11,15H,3,6,12H2,1-2H3. The van der Waals surface area contributed by atoms with Gasteiger partial charge in [0.2, 0.25) is 0 Å². The number of nitrogens with two attached hydrogens (primary N) is 1. The number of nitrogens with one attached hydrogen (secondary N) is 1. The van der Waals surface area contributed by atoms with Crippen molar-refractivity contribution in [3.05, 3.63) is 34.0 Å². The molecule has 2 aromatic rings. The number of hydrogen-bond acceptors (Lipinski definition) is 5. The van der Waals surface area contributed by atoms with Crippen molar-refractivity contribution in [2.24, 2.45) is 5.84 Å². The fraction of sp³-hybridized carbons (Fsp3) is 0.455. The van der Waals surface area contributed by atoms with Crippen LogP contribution in [0.3, 0.4) is 0 Å².